The normalized spacial score (nSPS) is 20.3. The fraction of sp³-hybridized carbons (Fsp3) is 0.500. The summed E-state index contributed by atoms with van der Waals surface area (Å²) in [6.45, 7) is 0.614. The molecular formula is C14H18N2O3S2. The topological polar surface area (TPSA) is 63.4 Å². The zero-order chi connectivity index (χ0) is 14.9. The van der Waals surface area contributed by atoms with Gasteiger partial charge in [-0.2, -0.15) is 16.1 Å². The molecule has 2 heterocycles. The van der Waals surface area contributed by atoms with Crippen molar-refractivity contribution in [2.24, 2.45) is 0 Å². The van der Waals surface area contributed by atoms with E-state index in [0.717, 1.165) is 24.0 Å². The van der Waals surface area contributed by atoms with Gasteiger partial charge >= 0.3 is 0 Å². The monoisotopic (exact) mass is 326 g/mol. The van der Waals surface area contributed by atoms with Crippen molar-refractivity contribution in [2.75, 3.05) is 18.6 Å². The summed E-state index contributed by atoms with van der Waals surface area (Å²) in [5, 5.41) is 4.72. The number of para-hydroxylation sites is 1. The third-order valence-corrected chi connectivity index (χ3v) is 6.36. The quantitative estimate of drug-likeness (QED) is 0.844. The second kappa shape index (κ2) is 5.98. The largest absolute Gasteiger partial charge is 0.356 e. The number of hydrogen-bond donors (Lipinski definition) is 0. The Labute approximate surface area is 128 Å². The summed E-state index contributed by atoms with van der Waals surface area (Å²) >= 11 is 1.69. The molecule has 0 N–H and O–H groups in total. The molecule has 0 amide bonds. The second-order valence-electron chi connectivity index (χ2n) is 5.24. The van der Waals surface area contributed by atoms with E-state index in [0.29, 0.717) is 17.8 Å². The van der Waals surface area contributed by atoms with Gasteiger partial charge in [0.2, 0.25) is 10.0 Å². The van der Waals surface area contributed by atoms with Gasteiger partial charge in [0.05, 0.1) is 0 Å². The first-order valence-electron chi connectivity index (χ1n) is 6.93. The van der Waals surface area contributed by atoms with Gasteiger partial charge in [0.1, 0.15) is 11.4 Å². The number of nitrogens with zero attached hydrogens (tertiary/aromatic N) is 2. The van der Waals surface area contributed by atoms with E-state index in [1.54, 1.807) is 22.1 Å². The number of sulfonamides is 1. The van der Waals surface area contributed by atoms with Crippen molar-refractivity contribution >= 4 is 32.8 Å². The van der Waals surface area contributed by atoms with Crippen molar-refractivity contribution in [3.8, 4) is 0 Å². The third kappa shape index (κ3) is 2.95. The maximum Gasteiger partial charge on any atom is 0.220 e. The first kappa shape index (κ1) is 14.9. The standard InChI is InChI=1S/C14H18N2O3S2/c1-20-9-11-5-4-8-16(11)21(17,18)10-13-12-6-2-3-7-14(12)19-15-13/h2-3,6-7,11H,4-5,8-10H2,1H3/t11-/m1/s1. The highest BCUT2D eigenvalue weighted by Crippen LogP contribution is 2.27. The molecule has 1 aliphatic heterocycles. The first-order valence-corrected chi connectivity index (χ1v) is 9.94. The van der Waals surface area contributed by atoms with Crippen molar-refractivity contribution in [3.05, 3.63) is 30.0 Å². The highest BCUT2D eigenvalue weighted by molar-refractivity contribution is 7.98. The summed E-state index contributed by atoms with van der Waals surface area (Å²) in [6.07, 6.45) is 3.89. The molecule has 5 nitrogen and oxygen atoms in total. The Bertz CT molecular complexity index is 727. The molecule has 0 radical (unpaired) electrons. The number of hydrogen-bond acceptors (Lipinski definition) is 5. The lowest BCUT2D eigenvalue weighted by molar-refractivity contribution is 0.408. The molecule has 21 heavy (non-hydrogen) atoms. The van der Waals surface area contributed by atoms with Crippen LogP contribution in [0.4, 0.5) is 0 Å². The predicted octanol–water partition coefficient (Wildman–Crippen LogP) is 2.49. The van der Waals surface area contributed by atoms with Gasteiger partial charge in [-0.3, -0.25) is 0 Å². The molecule has 1 aliphatic rings. The lowest BCUT2D eigenvalue weighted by atomic mass is 10.2. The molecule has 1 fully saturated rings. The van der Waals surface area contributed by atoms with Crippen molar-refractivity contribution < 1.29 is 12.9 Å². The number of rotatable bonds is 5. The Balaban J connectivity index is 1.86. The number of fused-ring (bicyclic) bond motifs is 1. The minimum absolute atomic E-state index is 0.0884. The van der Waals surface area contributed by atoms with Gasteiger partial charge in [-0.25, -0.2) is 8.42 Å². The van der Waals surface area contributed by atoms with Crippen LogP contribution in [-0.4, -0.2) is 42.5 Å². The molecule has 7 heteroatoms. The zero-order valence-corrected chi connectivity index (χ0v) is 13.5. The summed E-state index contributed by atoms with van der Waals surface area (Å²) < 4.78 is 32.2. The number of aromatic nitrogens is 1. The fourth-order valence-corrected chi connectivity index (χ4v) is 5.42. The SMILES string of the molecule is CSC[C@H]1CCCN1S(=O)(=O)Cc1noc2ccccc12. The van der Waals surface area contributed by atoms with Gasteiger partial charge in [-0.05, 0) is 31.2 Å². The van der Waals surface area contributed by atoms with Crippen LogP contribution in [-0.2, 0) is 15.8 Å². The van der Waals surface area contributed by atoms with Crippen LogP contribution in [0.5, 0.6) is 0 Å². The Kier molecular flexibility index (Phi) is 4.24. The number of benzene rings is 1. The summed E-state index contributed by atoms with van der Waals surface area (Å²) in [7, 11) is -3.35. The molecule has 2 aromatic rings. The van der Waals surface area contributed by atoms with Gasteiger partial charge in [-0.1, -0.05) is 17.3 Å². The average Bonchev–Trinajstić information content (AvgIpc) is 3.07. The molecule has 0 saturated carbocycles. The molecule has 0 unspecified atom stereocenters. The average molecular weight is 326 g/mol. The molecule has 1 atom stereocenters. The van der Waals surface area contributed by atoms with Crippen molar-refractivity contribution in [3.63, 3.8) is 0 Å². The van der Waals surface area contributed by atoms with Gasteiger partial charge < -0.3 is 4.52 Å². The van der Waals surface area contributed by atoms with Crippen LogP contribution in [0.1, 0.15) is 18.5 Å². The van der Waals surface area contributed by atoms with Gasteiger partial charge in [0.15, 0.2) is 5.58 Å². The van der Waals surface area contributed by atoms with E-state index < -0.39 is 10.0 Å². The van der Waals surface area contributed by atoms with Crippen LogP contribution in [0.3, 0.4) is 0 Å². The van der Waals surface area contributed by atoms with E-state index >= 15 is 0 Å². The summed E-state index contributed by atoms with van der Waals surface area (Å²) in [4.78, 5) is 0. The van der Waals surface area contributed by atoms with Crippen molar-refractivity contribution in [2.45, 2.75) is 24.6 Å². The molecule has 1 saturated heterocycles. The molecule has 1 aromatic carbocycles. The fourth-order valence-electron chi connectivity index (χ4n) is 2.83. The predicted molar refractivity (Wildman–Crippen MR) is 84.7 cm³/mol. The minimum atomic E-state index is -3.35. The van der Waals surface area contributed by atoms with E-state index in [4.69, 9.17) is 4.52 Å². The van der Waals surface area contributed by atoms with Crippen LogP contribution in [0.2, 0.25) is 0 Å². The molecule has 0 spiro atoms. The summed E-state index contributed by atoms with van der Waals surface area (Å²) in [5.41, 5.74) is 1.13. The molecule has 0 aliphatic carbocycles. The second-order valence-corrected chi connectivity index (χ2v) is 8.08. The minimum Gasteiger partial charge on any atom is -0.356 e. The van der Waals surface area contributed by atoms with E-state index in [9.17, 15) is 8.42 Å². The van der Waals surface area contributed by atoms with Gasteiger partial charge in [0.25, 0.3) is 0 Å². The van der Waals surface area contributed by atoms with E-state index in [2.05, 4.69) is 5.16 Å². The summed E-state index contributed by atoms with van der Waals surface area (Å²) in [6, 6.07) is 7.47. The van der Waals surface area contributed by atoms with Gasteiger partial charge in [0, 0.05) is 23.7 Å². The third-order valence-electron chi connectivity index (χ3n) is 3.81. The molecule has 3 rings (SSSR count). The van der Waals surface area contributed by atoms with E-state index in [-0.39, 0.29) is 11.8 Å². The maximum atomic E-state index is 12.7. The lowest BCUT2D eigenvalue weighted by Gasteiger charge is -2.22. The van der Waals surface area contributed by atoms with E-state index in [1.165, 1.54) is 0 Å². The van der Waals surface area contributed by atoms with Crippen LogP contribution >= 0.6 is 11.8 Å². The van der Waals surface area contributed by atoms with Crippen molar-refractivity contribution in [1.29, 1.82) is 0 Å². The van der Waals surface area contributed by atoms with E-state index in [1.807, 2.05) is 24.5 Å². The lowest BCUT2D eigenvalue weighted by Crippen LogP contribution is -2.37. The highest BCUT2D eigenvalue weighted by Gasteiger charge is 2.34. The first-order chi connectivity index (χ1) is 10.1. The van der Waals surface area contributed by atoms with Crippen LogP contribution in [0.25, 0.3) is 11.0 Å². The van der Waals surface area contributed by atoms with Crippen LogP contribution in [0.15, 0.2) is 28.8 Å². The molecule has 1 aromatic heterocycles. The Hall–Kier alpha value is -1.05. The Morgan fingerprint density at radius 2 is 2.24 bits per heavy atom. The highest BCUT2D eigenvalue weighted by atomic mass is 32.2. The summed E-state index contributed by atoms with van der Waals surface area (Å²) in [5.74, 6) is 0.758. The van der Waals surface area contributed by atoms with Gasteiger partial charge in [-0.15, -0.1) is 0 Å². The molecule has 0 bridgehead atoms. The van der Waals surface area contributed by atoms with Crippen LogP contribution < -0.4 is 0 Å². The zero-order valence-electron chi connectivity index (χ0n) is 11.9. The maximum absolute atomic E-state index is 12.7. The molecule has 114 valence electrons. The smallest absolute Gasteiger partial charge is 0.220 e. The number of thioether (sulfide) groups is 1. The van der Waals surface area contributed by atoms with Crippen LogP contribution in [0, 0.1) is 0 Å². The van der Waals surface area contributed by atoms with Crippen molar-refractivity contribution in [1.82, 2.24) is 9.46 Å². The molecular weight excluding hydrogens is 308 g/mol. The Morgan fingerprint density at radius 1 is 1.43 bits per heavy atom. The Morgan fingerprint density at radius 3 is 3.05 bits per heavy atom.